The van der Waals surface area contributed by atoms with Gasteiger partial charge in [0.05, 0.1) is 0 Å². The van der Waals surface area contributed by atoms with Crippen molar-refractivity contribution in [2.75, 3.05) is 59.4 Å². The molecule has 3 N–H and O–H groups in total. The van der Waals surface area contributed by atoms with Crippen molar-refractivity contribution < 1.29 is 4.39 Å². The standard InChI is InChI=1S/C25H42BrClFN5.C2H2/c1-5-23-18-32(17-22(27)13-21(14-29)15-30-4)10-11-33(23)24-6-8-31(9-7-24)16-19(2)25(28)12-20(3)26;1-2/h12-13,15,23-24,30H,5-11,14,16-18,29H2,1-4H3;1-2H/b20-12+,21-15+,22-13+,25-19-;. The van der Waals surface area contributed by atoms with Gasteiger partial charge in [0, 0.05) is 69.6 Å². The van der Waals surface area contributed by atoms with Crippen molar-refractivity contribution in [3.63, 3.8) is 0 Å². The Kier molecular flexibility index (Phi) is 15.8. The Labute approximate surface area is 226 Å². The highest BCUT2D eigenvalue weighted by molar-refractivity contribution is 9.11. The third-order valence-electron chi connectivity index (χ3n) is 6.59. The molecule has 0 aliphatic carbocycles. The summed E-state index contributed by atoms with van der Waals surface area (Å²) in [6.45, 7) is 13.2. The molecule has 0 bridgehead atoms. The Morgan fingerprint density at radius 1 is 1.11 bits per heavy atom. The van der Waals surface area contributed by atoms with Crippen LogP contribution < -0.4 is 11.1 Å². The Hall–Kier alpha value is -1.14. The molecule has 2 fully saturated rings. The Balaban J connectivity index is 0.00000298. The molecule has 8 heteroatoms. The largest absolute Gasteiger partial charge is 0.394 e. The number of halogens is 3. The number of piperidine rings is 1. The summed E-state index contributed by atoms with van der Waals surface area (Å²) in [5.74, 6) is -0.124. The first-order valence-electron chi connectivity index (χ1n) is 12.4. The lowest BCUT2D eigenvalue weighted by molar-refractivity contribution is 0.0180. The van der Waals surface area contributed by atoms with Gasteiger partial charge < -0.3 is 11.1 Å². The molecule has 1 atom stereocenters. The minimum atomic E-state index is -0.124. The average Bonchev–Trinajstić information content (AvgIpc) is 2.85. The first-order valence-corrected chi connectivity index (χ1v) is 13.6. The molecular formula is C27H44BrClFN5. The highest BCUT2D eigenvalue weighted by Crippen LogP contribution is 2.25. The fraction of sp³-hybridized carbons (Fsp3) is 0.630. The number of terminal acetylenes is 1. The third kappa shape index (κ3) is 11.2. The van der Waals surface area contributed by atoms with Crippen molar-refractivity contribution in [3.8, 4) is 12.8 Å². The van der Waals surface area contributed by atoms with Crippen LogP contribution in [0.5, 0.6) is 0 Å². The number of rotatable bonds is 10. The molecule has 0 aromatic rings. The topological polar surface area (TPSA) is 47.8 Å². The second-order valence-electron chi connectivity index (χ2n) is 9.20. The first kappa shape index (κ1) is 31.9. The van der Waals surface area contributed by atoms with Crippen molar-refractivity contribution in [1.29, 1.82) is 0 Å². The summed E-state index contributed by atoms with van der Waals surface area (Å²) in [5.41, 5.74) is 7.60. The molecule has 0 spiro atoms. The molecule has 2 aliphatic heterocycles. The second-order valence-corrected chi connectivity index (χ2v) is 10.9. The van der Waals surface area contributed by atoms with Crippen LogP contribution in [0.25, 0.3) is 0 Å². The normalized spacial score (nSPS) is 22.9. The van der Waals surface area contributed by atoms with E-state index in [-0.39, 0.29) is 5.83 Å². The maximum atomic E-state index is 14.2. The molecule has 0 aromatic heterocycles. The molecule has 198 valence electrons. The predicted molar refractivity (Wildman–Crippen MR) is 153 cm³/mol. The minimum absolute atomic E-state index is 0.124. The fourth-order valence-corrected chi connectivity index (χ4v) is 5.35. The van der Waals surface area contributed by atoms with Gasteiger partial charge in [0.15, 0.2) is 0 Å². The number of nitrogens with one attached hydrogen (secondary N) is 1. The van der Waals surface area contributed by atoms with Gasteiger partial charge in [-0.3, -0.25) is 14.7 Å². The lowest BCUT2D eigenvalue weighted by Crippen LogP contribution is -2.58. The molecule has 1 unspecified atom stereocenters. The van der Waals surface area contributed by atoms with Crippen LogP contribution >= 0.6 is 27.5 Å². The Morgan fingerprint density at radius 3 is 2.31 bits per heavy atom. The zero-order valence-corrected chi connectivity index (χ0v) is 24.2. The number of nitrogens with two attached hydrogens (primary N) is 1. The van der Waals surface area contributed by atoms with E-state index in [1.165, 1.54) is 0 Å². The van der Waals surface area contributed by atoms with E-state index in [0.717, 1.165) is 79.2 Å². The monoisotopic (exact) mass is 571 g/mol. The molecule has 0 amide bonds. The van der Waals surface area contributed by atoms with Crippen molar-refractivity contribution in [1.82, 2.24) is 20.0 Å². The number of nitrogens with zero attached hydrogens (tertiary/aromatic N) is 3. The molecule has 2 heterocycles. The van der Waals surface area contributed by atoms with E-state index < -0.39 is 0 Å². The lowest BCUT2D eigenvalue weighted by atomic mass is 9.98. The number of hydrogen-bond acceptors (Lipinski definition) is 5. The molecule has 5 nitrogen and oxygen atoms in total. The summed E-state index contributed by atoms with van der Waals surface area (Å²) in [7, 11) is 1.87. The number of allylic oxidation sites excluding steroid dienone is 3. The van der Waals surface area contributed by atoms with Gasteiger partial charge in [0.25, 0.3) is 0 Å². The van der Waals surface area contributed by atoms with Crippen LogP contribution in [0.4, 0.5) is 4.39 Å². The van der Waals surface area contributed by atoms with Crippen LogP contribution in [0.2, 0.25) is 0 Å². The van der Waals surface area contributed by atoms with E-state index in [1.54, 1.807) is 6.08 Å². The molecule has 2 saturated heterocycles. The van der Waals surface area contributed by atoms with E-state index in [4.69, 9.17) is 17.3 Å². The van der Waals surface area contributed by atoms with Crippen LogP contribution in [0.1, 0.15) is 40.0 Å². The van der Waals surface area contributed by atoms with Crippen LogP contribution in [0.15, 0.2) is 44.8 Å². The maximum absolute atomic E-state index is 14.2. The zero-order chi connectivity index (χ0) is 26.4. The van der Waals surface area contributed by atoms with Gasteiger partial charge in [0.1, 0.15) is 5.83 Å². The maximum Gasteiger partial charge on any atom is 0.124 e. The number of piperazine rings is 1. The summed E-state index contributed by atoms with van der Waals surface area (Å²) in [4.78, 5) is 7.57. The summed E-state index contributed by atoms with van der Waals surface area (Å²) in [6.07, 6.45) is 16.9. The molecule has 35 heavy (non-hydrogen) atoms. The number of hydrogen-bond donors (Lipinski definition) is 2. The Morgan fingerprint density at radius 2 is 1.77 bits per heavy atom. The molecule has 0 aromatic carbocycles. The molecular weight excluding hydrogens is 529 g/mol. The van der Waals surface area contributed by atoms with Crippen molar-refractivity contribution in [2.45, 2.75) is 52.1 Å². The van der Waals surface area contributed by atoms with Gasteiger partial charge in [-0.2, -0.15) is 0 Å². The highest BCUT2D eigenvalue weighted by Gasteiger charge is 2.33. The molecule has 2 aliphatic rings. The van der Waals surface area contributed by atoms with Gasteiger partial charge in [0.2, 0.25) is 0 Å². The van der Waals surface area contributed by atoms with Gasteiger partial charge in [-0.1, -0.05) is 34.5 Å². The van der Waals surface area contributed by atoms with Crippen LogP contribution in [0.3, 0.4) is 0 Å². The SMILES string of the molecule is C#C.CCC1CN(C/C(Cl)=C\C(=C/NC)CN)CCN1C1CCN(C/C(C)=C(F)/C=C(\C)Br)CC1. The zero-order valence-electron chi connectivity index (χ0n) is 21.9. The minimum Gasteiger partial charge on any atom is -0.394 e. The van der Waals surface area contributed by atoms with Crippen LogP contribution in [-0.4, -0.2) is 86.2 Å². The van der Waals surface area contributed by atoms with E-state index in [0.29, 0.717) is 25.2 Å². The summed E-state index contributed by atoms with van der Waals surface area (Å²) in [5, 5.41) is 3.85. The highest BCUT2D eigenvalue weighted by atomic mass is 79.9. The van der Waals surface area contributed by atoms with E-state index >= 15 is 0 Å². The summed E-state index contributed by atoms with van der Waals surface area (Å²) < 4.78 is 15.0. The summed E-state index contributed by atoms with van der Waals surface area (Å²) >= 11 is 9.86. The van der Waals surface area contributed by atoms with E-state index in [9.17, 15) is 4.39 Å². The third-order valence-corrected chi connectivity index (χ3v) is 7.04. The lowest BCUT2D eigenvalue weighted by Gasteiger charge is -2.47. The van der Waals surface area contributed by atoms with Gasteiger partial charge >= 0.3 is 0 Å². The Bertz CT molecular complexity index is 780. The van der Waals surface area contributed by atoms with Gasteiger partial charge in [-0.25, -0.2) is 4.39 Å². The van der Waals surface area contributed by atoms with Gasteiger partial charge in [-0.05, 0) is 74.0 Å². The number of likely N-dealkylation sites (tertiary alicyclic amines) is 1. The molecule has 0 saturated carbocycles. The fourth-order valence-electron chi connectivity index (χ4n) is 4.84. The van der Waals surface area contributed by atoms with Crippen LogP contribution in [-0.2, 0) is 0 Å². The smallest absolute Gasteiger partial charge is 0.124 e. The van der Waals surface area contributed by atoms with Crippen molar-refractivity contribution >= 4 is 27.5 Å². The summed E-state index contributed by atoms with van der Waals surface area (Å²) in [6, 6.07) is 1.16. The molecule has 2 rings (SSSR count). The first-order chi connectivity index (χ1) is 16.8. The van der Waals surface area contributed by atoms with Crippen molar-refractivity contribution in [3.05, 3.63) is 44.8 Å². The van der Waals surface area contributed by atoms with E-state index in [2.05, 4.69) is 55.7 Å². The second kappa shape index (κ2) is 17.3. The predicted octanol–water partition coefficient (Wildman–Crippen LogP) is 4.82. The van der Waals surface area contributed by atoms with Crippen LogP contribution in [0, 0.1) is 12.8 Å². The average molecular weight is 573 g/mol. The van der Waals surface area contributed by atoms with Crippen molar-refractivity contribution in [2.24, 2.45) is 5.73 Å². The van der Waals surface area contributed by atoms with E-state index in [1.807, 2.05) is 33.2 Å². The molecule has 0 radical (unpaired) electrons. The van der Waals surface area contributed by atoms with Gasteiger partial charge in [-0.15, -0.1) is 12.8 Å². The quantitative estimate of drug-likeness (QED) is 0.290.